The largest absolute Gasteiger partial charge is 0.367 e. The van der Waals surface area contributed by atoms with Crippen LogP contribution in [-0.2, 0) is 11.3 Å². The lowest BCUT2D eigenvalue weighted by atomic mass is 9.98. The van der Waals surface area contributed by atoms with Crippen LogP contribution < -0.4 is 16.4 Å². The van der Waals surface area contributed by atoms with Crippen LogP contribution in [0.2, 0.25) is 0 Å². The molecule has 0 aromatic carbocycles. The summed E-state index contributed by atoms with van der Waals surface area (Å²) in [5.74, 6) is -0.187. The molecule has 0 radical (unpaired) electrons. The van der Waals surface area contributed by atoms with Crippen molar-refractivity contribution in [3.63, 3.8) is 0 Å². The predicted molar refractivity (Wildman–Crippen MR) is 68.6 cm³/mol. The lowest BCUT2D eigenvalue weighted by Gasteiger charge is -2.22. The van der Waals surface area contributed by atoms with Crippen molar-refractivity contribution in [2.75, 3.05) is 0 Å². The number of hydrogen-bond acceptors (Lipinski definition) is 2. The van der Waals surface area contributed by atoms with Crippen molar-refractivity contribution < 1.29 is 9.59 Å². The van der Waals surface area contributed by atoms with Crippen LogP contribution in [-0.4, -0.2) is 23.0 Å². The van der Waals surface area contributed by atoms with Gasteiger partial charge in [-0.3, -0.25) is 4.79 Å². The molecular formula is C12H20N4O2. The van der Waals surface area contributed by atoms with Gasteiger partial charge in [0.25, 0.3) is 0 Å². The molecule has 6 heteroatoms. The zero-order chi connectivity index (χ0) is 13.5. The van der Waals surface area contributed by atoms with Crippen molar-refractivity contribution in [1.29, 1.82) is 0 Å². The number of hydrogen-bond donors (Lipinski definition) is 4. The SMILES string of the molecule is CCC(C)C(NC(N)=O)C(=O)NCc1cc[nH]c1. The zero-order valence-electron chi connectivity index (χ0n) is 10.7. The summed E-state index contributed by atoms with van der Waals surface area (Å²) >= 11 is 0. The highest BCUT2D eigenvalue weighted by molar-refractivity contribution is 5.86. The average molecular weight is 252 g/mol. The summed E-state index contributed by atoms with van der Waals surface area (Å²) in [6.45, 7) is 4.28. The van der Waals surface area contributed by atoms with E-state index in [-0.39, 0.29) is 11.8 Å². The van der Waals surface area contributed by atoms with Crippen LogP contribution in [0.4, 0.5) is 4.79 Å². The van der Waals surface area contributed by atoms with Crippen molar-refractivity contribution in [2.24, 2.45) is 11.7 Å². The number of carbonyl (C=O) groups is 2. The van der Waals surface area contributed by atoms with E-state index in [1.165, 1.54) is 0 Å². The van der Waals surface area contributed by atoms with Crippen LogP contribution in [0.1, 0.15) is 25.8 Å². The Bertz CT molecular complexity index is 389. The maximum Gasteiger partial charge on any atom is 0.312 e. The fourth-order valence-corrected chi connectivity index (χ4v) is 1.62. The molecule has 100 valence electrons. The summed E-state index contributed by atoms with van der Waals surface area (Å²) in [7, 11) is 0. The summed E-state index contributed by atoms with van der Waals surface area (Å²) in [6.07, 6.45) is 4.37. The van der Waals surface area contributed by atoms with Gasteiger partial charge in [-0.2, -0.15) is 0 Å². The third-order valence-electron chi connectivity index (χ3n) is 2.92. The van der Waals surface area contributed by atoms with Gasteiger partial charge in [0.05, 0.1) is 0 Å². The van der Waals surface area contributed by atoms with E-state index >= 15 is 0 Å². The highest BCUT2D eigenvalue weighted by Gasteiger charge is 2.24. The minimum absolute atomic E-state index is 0.0312. The third-order valence-corrected chi connectivity index (χ3v) is 2.92. The van der Waals surface area contributed by atoms with Crippen molar-refractivity contribution in [3.05, 3.63) is 24.0 Å². The summed E-state index contributed by atoms with van der Waals surface area (Å²) in [5.41, 5.74) is 6.06. The lowest BCUT2D eigenvalue weighted by molar-refractivity contribution is -0.124. The summed E-state index contributed by atoms with van der Waals surface area (Å²) in [4.78, 5) is 25.8. The molecule has 0 aliphatic carbocycles. The molecule has 1 aromatic heterocycles. The van der Waals surface area contributed by atoms with Crippen molar-refractivity contribution in [3.8, 4) is 0 Å². The van der Waals surface area contributed by atoms with E-state index in [2.05, 4.69) is 15.6 Å². The quantitative estimate of drug-likeness (QED) is 0.599. The van der Waals surface area contributed by atoms with E-state index in [0.717, 1.165) is 12.0 Å². The van der Waals surface area contributed by atoms with Crippen molar-refractivity contribution in [2.45, 2.75) is 32.9 Å². The van der Waals surface area contributed by atoms with E-state index in [1.807, 2.05) is 19.9 Å². The van der Waals surface area contributed by atoms with Crippen LogP contribution >= 0.6 is 0 Å². The second-order valence-corrected chi connectivity index (χ2v) is 4.31. The van der Waals surface area contributed by atoms with E-state index in [0.29, 0.717) is 6.54 Å². The number of urea groups is 1. The summed E-state index contributed by atoms with van der Waals surface area (Å²) in [6, 6.07) is 0.601. The molecule has 0 spiro atoms. The molecule has 0 aliphatic heterocycles. The first kappa shape index (κ1) is 14.1. The number of aromatic amines is 1. The normalized spacial score (nSPS) is 13.7. The maximum absolute atomic E-state index is 12.0. The fraction of sp³-hybridized carbons (Fsp3) is 0.500. The molecule has 0 fully saturated rings. The number of carbonyl (C=O) groups excluding carboxylic acids is 2. The van der Waals surface area contributed by atoms with Gasteiger partial charge >= 0.3 is 6.03 Å². The number of primary amides is 1. The third kappa shape index (κ3) is 4.12. The number of amides is 3. The Morgan fingerprint density at radius 1 is 1.50 bits per heavy atom. The Balaban J connectivity index is 2.55. The number of nitrogens with two attached hydrogens (primary N) is 1. The molecule has 3 amide bonds. The van der Waals surface area contributed by atoms with Gasteiger partial charge in [-0.05, 0) is 17.5 Å². The van der Waals surface area contributed by atoms with E-state index < -0.39 is 12.1 Å². The van der Waals surface area contributed by atoms with Gasteiger partial charge in [0.1, 0.15) is 6.04 Å². The van der Waals surface area contributed by atoms with E-state index in [9.17, 15) is 9.59 Å². The summed E-state index contributed by atoms with van der Waals surface area (Å²) < 4.78 is 0. The first-order valence-corrected chi connectivity index (χ1v) is 6.00. The van der Waals surface area contributed by atoms with Gasteiger partial charge in [-0.1, -0.05) is 20.3 Å². The van der Waals surface area contributed by atoms with Crippen molar-refractivity contribution in [1.82, 2.24) is 15.6 Å². The second-order valence-electron chi connectivity index (χ2n) is 4.31. The van der Waals surface area contributed by atoms with Gasteiger partial charge in [0.15, 0.2) is 0 Å². The molecule has 2 atom stereocenters. The molecule has 0 aliphatic rings. The zero-order valence-corrected chi connectivity index (χ0v) is 10.7. The Kier molecular flexibility index (Phi) is 5.23. The van der Waals surface area contributed by atoms with Gasteiger partial charge in [0.2, 0.25) is 5.91 Å². The average Bonchev–Trinajstić information content (AvgIpc) is 2.85. The van der Waals surface area contributed by atoms with Gasteiger partial charge < -0.3 is 21.4 Å². The molecule has 0 bridgehead atoms. The van der Waals surface area contributed by atoms with Crippen LogP contribution in [0.25, 0.3) is 0 Å². The molecular weight excluding hydrogens is 232 g/mol. The standard InChI is InChI=1S/C12H20N4O2/c1-3-8(2)10(16-12(13)18)11(17)15-7-9-4-5-14-6-9/h4-6,8,10,14H,3,7H2,1-2H3,(H,15,17)(H3,13,16,18). The lowest BCUT2D eigenvalue weighted by Crippen LogP contribution is -2.51. The monoisotopic (exact) mass is 252 g/mol. The maximum atomic E-state index is 12.0. The Hall–Kier alpha value is -1.98. The van der Waals surface area contributed by atoms with Gasteiger partial charge in [0, 0.05) is 18.9 Å². The highest BCUT2D eigenvalue weighted by atomic mass is 16.2. The Morgan fingerprint density at radius 3 is 2.72 bits per heavy atom. The van der Waals surface area contributed by atoms with E-state index in [4.69, 9.17) is 5.73 Å². The summed E-state index contributed by atoms with van der Waals surface area (Å²) in [5, 5.41) is 5.26. The minimum Gasteiger partial charge on any atom is -0.367 e. The van der Waals surface area contributed by atoms with Crippen LogP contribution in [0.3, 0.4) is 0 Å². The number of H-pyrrole nitrogens is 1. The predicted octanol–water partition coefficient (Wildman–Crippen LogP) is 0.714. The smallest absolute Gasteiger partial charge is 0.312 e. The molecule has 0 saturated carbocycles. The first-order valence-electron chi connectivity index (χ1n) is 6.00. The molecule has 1 rings (SSSR count). The highest BCUT2D eigenvalue weighted by Crippen LogP contribution is 2.08. The molecule has 2 unspecified atom stereocenters. The Morgan fingerprint density at radius 2 is 2.22 bits per heavy atom. The number of nitrogens with one attached hydrogen (secondary N) is 3. The second kappa shape index (κ2) is 6.68. The van der Waals surface area contributed by atoms with Gasteiger partial charge in [-0.15, -0.1) is 0 Å². The van der Waals surface area contributed by atoms with Crippen molar-refractivity contribution >= 4 is 11.9 Å². The minimum atomic E-state index is -0.683. The molecule has 18 heavy (non-hydrogen) atoms. The fourth-order valence-electron chi connectivity index (χ4n) is 1.62. The number of aromatic nitrogens is 1. The first-order chi connectivity index (χ1) is 8.54. The van der Waals surface area contributed by atoms with E-state index in [1.54, 1.807) is 12.4 Å². The van der Waals surface area contributed by atoms with Crippen LogP contribution in [0.5, 0.6) is 0 Å². The molecule has 6 nitrogen and oxygen atoms in total. The Labute approximate surface area is 106 Å². The molecule has 1 aromatic rings. The molecule has 5 N–H and O–H groups in total. The molecule has 0 saturated heterocycles. The number of rotatable bonds is 6. The topological polar surface area (TPSA) is 100 Å². The van der Waals surface area contributed by atoms with Crippen LogP contribution in [0, 0.1) is 5.92 Å². The van der Waals surface area contributed by atoms with Gasteiger partial charge in [-0.25, -0.2) is 4.79 Å². The molecule has 1 heterocycles. The van der Waals surface area contributed by atoms with Crippen LogP contribution in [0.15, 0.2) is 18.5 Å².